The van der Waals surface area contributed by atoms with Gasteiger partial charge in [0, 0.05) is 6.54 Å². The van der Waals surface area contributed by atoms with Gasteiger partial charge in [0.05, 0.1) is 0 Å². The van der Waals surface area contributed by atoms with Gasteiger partial charge in [-0.3, -0.25) is 4.79 Å². The Morgan fingerprint density at radius 2 is 2.33 bits per heavy atom. The molecule has 0 radical (unpaired) electrons. The molecule has 0 aromatic heterocycles. The molecule has 0 heterocycles. The molecule has 0 rings (SSSR count). The first-order chi connectivity index (χ1) is 4.18. The lowest BCUT2D eigenvalue weighted by molar-refractivity contribution is -0.137. The van der Waals surface area contributed by atoms with E-state index in [1.807, 2.05) is 0 Å². The van der Waals surface area contributed by atoms with Gasteiger partial charge in [-0.15, -0.1) is 0 Å². The van der Waals surface area contributed by atoms with Crippen LogP contribution < -0.4 is 11.5 Å². The van der Waals surface area contributed by atoms with Crippen LogP contribution in [-0.4, -0.2) is 23.7 Å². The lowest BCUT2D eigenvalue weighted by Gasteiger charge is -1.95. The second-order valence-corrected chi connectivity index (χ2v) is 1.53. The van der Waals surface area contributed by atoms with Crippen molar-refractivity contribution in [2.45, 2.75) is 6.04 Å². The van der Waals surface area contributed by atoms with Gasteiger partial charge in [0.2, 0.25) is 0 Å². The average molecular weight is 130 g/mol. The first-order valence-corrected chi connectivity index (χ1v) is 2.53. The van der Waals surface area contributed by atoms with E-state index in [9.17, 15) is 4.79 Å². The van der Waals surface area contributed by atoms with Crippen LogP contribution in [-0.2, 0) is 4.79 Å². The zero-order valence-corrected chi connectivity index (χ0v) is 4.95. The molecule has 0 aliphatic rings. The Kier molecular flexibility index (Phi) is 3.66. The summed E-state index contributed by atoms with van der Waals surface area (Å²) in [6.45, 7) is 0.320. The van der Waals surface area contributed by atoms with E-state index in [1.54, 1.807) is 0 Å². The van der Waals surface area contributed by atoms with Gasteiger partial charge in [0.15, 0.2) is 0 Å². The first kappa shape index (κ1) is 8.13. The highest BCUT2D eigenvalue weighted by Gasteiger charge is 2.04. The van der Waals surface area contributed by atoms with E-state index >= 15 is 0 Å². The normalized spacial score (nSPS) is 14.0. The minimum atomic E-state index is -1.04. The molecule has 0 saturated carbocycles. The molecule has 0 aliphatic heterocycles. The summed E-state index contributed by atoms with van der Waals surface area (Å²) in [5, 5.41) is 8.19. The van der Waals surface area contributed by atoms with Crippen molar-refractivity contribution in [2.24, 2.45) is 11.5 Å². The number of aliphatic carboxylic acids is 1. The van der Waals surface area contributed by atoms with E-state index in [1.165, 1.54) is 12.2 Å². The molecule has 52 valence electrons. The van der Waals surface area contributed by atoms with Crippen molar-refractivity contribution in [1.82, 2.24) is 0 Å². The van der Waals surface area contributed by atoms with Crippen molar-refractivity contribution >= 4 is 5.97 Å². The highest BCUT2D eigenvalue weighted by atomic mass is 16.4. The maximum atomic E-state index is 9.99. The molecule has 0 bridgehead atoms. The largest absolute Gasteiger partial charge is 0.480 e. The number of nitrogens with two attached hydrogens (primary N) is 2. The standard InChI is InChI=1S/C5H10N2O2/c6-3-1-2-4(7)5(8)9/h1-2,4H,3,6-7H2,(H,8,9)/b2-1+/t4-/m0/s1. The molecule has 0 aromatic rings. The Labute approximate surface area is 53.1 Å². The quantitative estimate of drug-likeness (QED) is 0.423. The van der Waals surface area contributed by atoms with Crippen LogP contribution in [0.1, 0.15) is 0 Å². The topological polar surface area (TPSA) is 89.3 Å². The van der Waals surface area contributed by atoms with E-state index in [4.69, 9.17) is 16.6 Å². The van der Waals surface area contributed by atoms with Gasteiger partial charge in [-0.05, 0) is 0 Å². The summed E-state index contributed by atoms with van der Waals surface area (Å²) >= 11 is 0. The fourth-order valence-corrected chi connectivity index (χ4v) is 0.307. The SMILES string of the molecule is NC/C=C/[C@H](N)C(=O)O. The molecule has 5 N–H and O–H groups in total. The monoisotopic (exact) mass is 130 g/mol. The van der Waals surface area contributed by atoms with Crippen molar-refractivity contribution in [3.8, 4) is 0 Å². The molecule has 4 heteroatoms. The minimum absolute atomic E-state index is 0.320. The van der Waals surface area contributed by atoms with Crippen LogP contribution in [0.4, 0.5) is 0 Å². The van der Waals surface area contributed by atoms with E-state index in [0.717, 1.165) is 0 Å². The number of hydrogen-bond acceptors (Lipinski definition) is 3. The highest BCUT2D eigenvalue weighted by molar-refractivity contribution is 5.75. The number of carbonyl (C=O) groups is 1. The molecule has 0 amide bonds. The Balaban J connectivity index is 3.62. The van der Waals surface area contributed by atoms with Gasteiger partial charge in [0.1, 0.15) is 6.04 Å². The molecule has 0 aromatic carbocycles. The van der Waals surface area contributed by atoms with Crippen LogP contribution in [0.25, 0.3) is 0 Å². The molecule has 0 unspecified atom stereocenters. The van der Waals surface area contributed by atoms with Gasteiger partial charge >= 0.3 is 5.97 Å². The molecular weight excluding hydrogens is 120 g/mol. The van der Waals surface area contributed by atoms with Crippen LogP contribution in [0.5, 0.6) is 0 Å². The Bertz CT molecular complexity index is 122. The first-order valence-electron chi connectivity index (χ1n) is 2.53. The summed E-state index contributed by atoms with van der Waals surface area (Å²) in [5.41, 5.74) is 10.1. The Morgan fingerprint density at radius 1 is 1.78 bits per heavy atom. The molecule has 1 atom stereocenters. The smallest absolute Gasteiger partial charge is 0.324 e. The summed E-state index contributed by atoms with van der Waals surface area (Å²) in [4.78, 5) is 9.99. The summed E-state index contributed by atoms with van der Waals surface area (Å²) < 4.78 is 0. The summed E-state index contributed by atoms with van der Waals surface area (Å²) in [6, 6.07) is -0.923. The summed E-state index contributed by atoms with van der Waals surface area (Å²) in [7, 11) is 0. The number of carboxylic acid groups (broad SMARTS) is 1. The zero-order valence-electron chi connectivity index (χ0n) is 4.95. The molecule has 9 heavy (non-hydrogen) atoms. The number of hydrogen-bond donors (Lipinski definition) is 3. The van der Waals surface area contributed by atoms with Crippen LogP contribution in [0.2, 0.25) is 0 Å². The van der Waals surface area contributed by atoms with Gasteiger partial charge in [0.25, 0.3) is 0 Å². The third-order valence-corrected chi connectivity index (χ3v) is 0.765. The fraction of sp³-hybridized carbons (Fsp3) is 0.400. The predicted octanol–water partition coefficient (Wildman–Crippen LogP) is -1.09. The lowest BCUT2D eigenvalue weighted by Crippen LogP contribution is -2.27. The van der Waals surface area contributed by atoms with Gasteiger partial charge < -0.3 is 16.6 Å². The number of rotatable bonds is 3. The van der Waals surface area contributed by atoms with Crippen molar-refractivity contribution in [2.75, 3.05) is 6.54 Å². The van der Waals surface area contributed by atoms with Crippen LogP contribution in [0, 0.1) is 0 Å². The molecular formula is C5H10N2O2. The van der Waals surface area contributed by atoms with E-state index in [-0.39, 0.29) is 0 Å². The van der Waals surface area contributed by atoms with Gasteiger partial charge in [-0.1, -0.05) is 12.2 Å². The maximum absolute atomic E-state index is 9.99. The van der Waals surface area contributed by atoms with Gasteiger partial charge in [-0.25, -0.2) is 0 Å². The lowest BCUT2D eigenvalue weighted by atomic mass is 10.3. The Morgan fingerprint density at radius 3 is 2.67 bits per heavy atom. The second-order valence-electron chi connectivity index (χ2n) is 1.53. The van der Waals surface area contributed by atoms with E-state index in [0.29, 0.717) is 6.54 Å². The summed E-state index contributed by atoms with van der Waals surface area (Å²) in [5.74, 6) is -1.04. The highest BCUT2D eigenvalue weighted by Crippen LogP contribution is 1.79. The molecule has 0 spiro atoms. The average Bonchev–Trinajstić information content (AvgIpc) is 1.82. The van der Waals surface area contributed by atoms with Crippen LogP contribution in [0.15, 0.2) is 12.2 Å². The third-order valence-electron chi connectivity index (χ3n) is 0.765. The second kappa shape index (κ2) is 4.05. The molecule has 0 saturated heterocycles. The molecule has 0 aliphatic carbocycles. The van der Waals surface area contributed by atoms with E-state index in [2.05, 4.69) is 0 Å². The summed E-state index contributed by atoms with van der Waals surface area (Å²) in [6.07, 6.45) is 2.86. The minimum Gasteiger partial charge on any atom is -0.480 e. The molecule has 4 nitrogen and oxygen atoms in total. The van der Waals surface area contributed by atoms with Crippen LogP contribution in [0.3, 0.4) is 0 Å². The predicted molar refractivity (Wildman–Crippen MR) is 33.8 cm³/mol. The van der Waals surface area contributed by atoms with E-state index < -0.39 is 12.0 Å². The molecule has 0 fully saturated rings. The maximum Gasteiger partial charge on any atom is 0.324 e. The van der Waals surface area contributed by atoms with Crippen molar-refractivity contribution in [3.05, 3.63) is 12.2 Å². The number of carboxylic acids is 1. The Hall–Kier alpha value is -0.870. The zero-order chi connectivity index (χ0) is 7.28. The third kappa shape index (κ3) is 3.69. The fourth-order valence-electron chi connectivity index (χ4n) is 0.307. The van der Waals surface area contributed by atoms with Crippen molar-refractivity contribution in [1.29, 1.82) is 0 Å². The van der Waals surface area contributed by atoms with Gasteiger partial charge in [-0.2, -0.15) is 0 Å². The van der Waals surface area contributed by atoms with Crippen molar-refractivity contribution in [3.63, 3.8) is 0 Å². The van der Waals surface area contributed by atoms with Crippen molar-refractivity contribution < 1.29 is 9.90 Å². The van der Waals surface area contributed by atoms with Crippen LogP contribution >= 0.6 is 0 Å².